The molecule has 1 aromatic rings. The van der Waals surface area contributed by atoms with Gasteiger partial charge in [0.1, 0.15) is 0 Å². The Hall–Kier alpha value is -0.860. The Bertz CT molecular complexity index is 355. The highest BCUT2D eigenvalue weighted by Gasteiger charge is 2.32. The van der Waals surface area contributed by atoms with E-state index in [-0.39, 0.29) is 12.1 Å². The molecule has 0 aromatic heterocycles. The second-order valence-electron chi connectivity index (χ2n) is 6.14. The van der Waals surface area contributed by atoms with Crippen molar-refractivity contribution >= 4 is 0 Å². The topological polar surface area (TPSA) is 32.3 Å². The SMILES string of the molecule is CC1CCC(CO)(NCCCc2ccccc2)CC1. The van der Waals surface area contributed by atoms with Crippen LogP contribution in [0.4, 0.5) is 0 Å². The summed E-state index contributed by atoms with van der Waals surface area (Å²) in [6.45, 7) is 3.60. The fraction of sp³-hybridized carbons (Fsp3) is 0.647. The molecule has 1 aliphatic carbocycles. The number of hydrogen-bond acceptors (Lipinski definition) is 2. The van der Waals surface area contributed by atoms with E-state index in [1.54, 1.807) is 0 Å². The molecule has 2 N–H and O–H groups in total. The molecule has 0 unspecified atom stereocenters. The molecule has 0 aliphatic heterocycles. The van der Waals surface area contributed by atoms with Crippen LogP contribution in [0.2, 0.25) is 0 Å². The number of rotatable bonds is 6. The summed E-state index contributed by atoms with van der Waals surface area (Å²) in [6, 6.07) is 10.6. The van der Waals surface area contributed by atoms with Gasteiger partial charge in [-0.3, -0.25) is 0 Å². The molecule has 2 rings (SSSR count). The van der Waals surface area contributed by atoms with Crippen LogP contribution in [0, 0.1) is 5.92 Å². The summed E-state index contributed by atoms with van der Waals surface area (Å²) in [4.78, 5) is 0. The van der Waals surface area contributed by atoms with Gasteiger partial charge >= 0.3 is 0 Å². The first-order chi connectivity index (χ1) is 9.24. The largest absolute Gasteiger partial charge is 0.394 e. The number of nitrogens with one attached hydrogen (secondary N) is 1. The van der Waals surface area contributed by atoms with Crippen molar-refractivity contribution in [3.05, 3.63) is 35.9 Å². The minimum absolute atomic E-state index is 0.00317. The third kappa shape index (κ3) is 4.32. The maximum absolute atomic E-state index is 9.68. The number of hydrogen-bond donors (Lipinski definition) is 2. The highest BCUT2D eigenvalue weighted by molar-refractivity contribution is 5.14. The molecule has 1 aromatic carbocycles. The van der Waals surface area contributed by atoms with E-state index in [4.69, 9.17) is 0 Å². The van der Waals surface area contributed by atoms with E-state index in [1.807, 2.05) is 0 Å². The van der Waals surface area contributed by atoms with Crippen molar-refractivity contribution in [3.63, 3.8) is 0 Å². The standard InChI is InChI=1S/C17H27NO/c1-15-9-11-17(14-19,12-10-15)18-13-5-8-16-6-3-2-4-7-16/h2-4,6-7,15,18-19H,5,8-14H2,1H3. The van der Waals surface area contributed by atoms with Crippen LogP contribution in [-0.2, 0) is 6.42 Å². The van der Waals surface area contributed by atoms with Gasteiger partial charge < -0.3 is 10.4 Å². The van der Waals surface area contributed by atoms with Crippen molar-refractivity contribution in [2.75, 3.05) is 13.2 Å². The summed E-state index contributed by atoms with van der Waals surface area (Å²) in [7, 11) is 0. The molecule has 1 saturated carbocycles. The molecule has 1 aliphatic rings. The summed E-state index contributed by atoms with van der Waals surface area (Å²) < 4.78 is 0. The molecule has 0 heterocycles. The molecule has 0 saturated heterocycles. The molecule has 0 amide bonds. The Morgan fingerprint density at radius 2 is 1.89 bits per heavy atom. The van der Waals surface area contributed by atoms with Crippen molar-refractivity contribution in [1.29, 1.82) is 0 Å². The maximum atomic E-state index is 9.68. The lowest BCUT2D eigenvalue weighted by Crippen LogP contribution is -2.51. The Kier molecular flexibility index (Phi) is 5.41. The summed E-state index contributed by atoms with van der Waals surface area (Å²) in [5.41, 5.74) is 1.41. The van der Waals surface area contributed by atoms with E-state index in [2.05, 4.69) is 42.6 Å². The van der Waals surface area contributed by atoms with E-state index in [1.165, 1.54) is 18.4 Å². The van der Waals surface area contributed by atoms with Crippen LogP contribution in [0.5, 0.6) is 0 Å². The number of aryl methyl sites for hydroxylation is 1. The fourth-order valence-corrected chi connectivity index (χ4v) is 3.00. The summed E-state index contributed by atoms with van der Waals surface area (Å²) in [6.07, 6.45) is 6.98. The van der Waals surface area contributed by atoms with E-state index in [0.717, 1.165) is 38.1 Å². The van der Waals surface area contributed by atoms with Crippen LogP contribution < -0.4 is 5.32 Å². The molecular formula is C17H27NO. The smallest absolute Gasteiger partial charge is 0.0613 e. The maximum Gasteiger partial charge on any atom is 0.0613 e. The van der Waals surface area contributed by atoms with Crippen molar-refractivity contribution < 1.29 is 5.11 Å². The van der Waals surface area contributed by atoms with Gasteiger partial charge in [-0.25, -0.2) is 0 Å². The summed E-state index contributed by atoms with van der Waals surface area (Å²) in [5.74, 6) is 0.825. The van der Waals surface area contributed by atoms with Crippen LogP contribution in [-0.4, -0.2) is 23.8 Å². The van der Waals surface area contributed by atoms with E-state index >= 15 is 0 Å². The number of aliphatic hydroxyl groups excluding tert-OH is 1. The van der Waals surface area contributed by atoms with Gasteiger partial charge in [-0.05, 0) is 56.6 Å². The number of benzene rings is 1. The zero-order valence-corrected chi connectivity index (χ0v) is 12.1. The van der Waals surface area contributed by atoms with Crippen LogP contribution in [0.3, 0.4) is 0 Å². The Balaban J connectivity index is 1.72. The predicted octanol–water partition coefficient (Wildman–Crippen LogP) is 3.15. The number of aliphatic hydroxyl groups is 1. The monoisotopic (exact) mass is 261 g/mol. The molecule has 0 atom stereocenters. The van der Waals surface area contributed by atoms with Crippen molar-refractivity contribution in [2.45, 2.75) is 51.0 Å². The third-order valence-electron chi connectivity index (χ3n) is 4.52. The zero-order chi connectivity index (χ0) is 13.6. The van der Waals surface area contributed by atoms with Crippen molar-refractivity contribution in [2.24, 2.45) is 5.92 Å². The van der Waals surface area contributed by atoms with Gasteiger partial charge in [0.2, 0.25) is 0 Å². The first-order valence-electron chi connectivity index (χ1n) is 7.64. The van der Waals surface area contributed by atoms with Gasteiger partial charge in [-0.2, -0.15) is 0 Å². The minimum atomic E-state index is 0.00317. The molecule has 19 heavy (non-hydrogen) atoms. The Morgan fingerprint density at radius 3 is 2.53 bits per heavy atom. The zero-order valence-electron chi connectivity index (χ0n) is 12.1. The van der Waals surface area contributed by atoms with Crippen LogP contribution >= 0.6 is 0 Å². The predicted molar refractivity (Wildman–Crippen MR) is 80.2 cm³/mol. The molecule has 0 radical (unpaired) electrons. The molecule has 0 bridgehead atoms. The Labute approximate surface area is 117 Å². The normalized spacial score (nSPS) is 27.4. The summed E-state index contributed by atoms with van der Waals surface area (Å²) >= 11 is 0. The van der Waals surface area contributed by atoms with Gasteiger partial charge in [0.25, 0.3) is 0 Å². The molecule has 2 heteroatoms. The van der Waals surface area contributed by atoms with E-state index in [9.17, 15) is 5.11 Å². The molecule has 1 fully saturated rings. The summed E-state index contributed by atoms with van der Waals surface area (Å²) in [5, 5.41) is 13.3. The van der Waals surface area contributed by atoms with E-state index < -0.39 is 0 Å². The second kappa shape index (κ2) is 7.06. The third-order valence-corrected chi connectivity index (χ3v) is 4.52. The molecular weight excluding hydrogens is 234 g/mol. The lowest BCUT2D eigenvalue weighted by molar-refractivity contribution is 0.106. The second-order valence-corrected chi connectivity index (χ2v) is 6.14. The average molecular weight is 261 g/mol. The lowest BCUT2D eigenvalue weighted by atomic mass is 9.77. The highest BCUT2D eigenvalue weighted by atomic mass is 16.3. The van der Waals surface area contributed by atoms with Gasteiger partial charge in [-0.15, -0.1) is 0 Å². The Morgan fingerprint density at radius 1 is 1.21 bits per heavy atom. The average Bonchev–Trinajstić information content (AvgIpc) is 2.47. The van der Waals surface area contributed by atoms with Crippen molar-refractivity contribution in [1.82, 2.24) is 5.32 Å². The highest BCUT2D eigenvalue weighted by Crippen LogP contribution is 2.31. The van der Waals surface area contributed by atoms with Gasteiger partial charge in [0.15, 0.2) is 0 Å². The molecule has 106 valence electrons. The lowest BCUT2D eigenvalue weighted by Gasteiger charge is -2.39. The van der Waals surface area contributed by atoms with E-state index in [0.29, 0.717) is 0 Å². The minimum Gasteiger partial charge on any atom is -0.394 e. The quantitative estimate of drug-likeness (QED) is 0.771. The van der Waals surface area contributed by atoms with Crippen molar-refractivity contribution in [3.8, 4) is 0 Å². The molecule has 2 nitrogen and oxygen atoms in total. The van der Waals surface area contributed by atoms with Gasteiger partial charge in [0, 0.05) is 5.54 Å². The first kappa shape index (κ1) is 14.5. The van der Waals surface area contributed by atoms with Crippen LogP contribution in [0.1, 0.15) is 44.6 Å². The van der Waals surface area contributed by atoms with Gasteiger partial charge in [0.05, 0.1) is 6.61 Å². The van der Waals surface area contributed by atoms with Gasteiger partial charge in [-0.1, -0.05) is 37.3 Å². The first-order valence-corrected chi connectivity index (χ1v) is 7.64. The van der Waals surface area contributed by atoms with Crippen LogP contribution in [0.15, 0.2) is 30.3 Å². The van der Waals surface area contributed by atoms with Crippen LogP contribution in [0.25, 0.3) is 0 Å². The molecule has 0 spiro atoms. The fourth-order valence-electron chi connectivity index (χ4n) is 3.00.